The van der Waals surface area contributed by atoms with Crippen LogP contribution in [0.25, 0.3) is 0 Å². The average molecular weight is 294 g/mol. The van der Waals surface area contributed by atoms with E-state index in [0.717, 1.165) is 29.1 Å². The van der Waals surface area contributed by atoms with Gasteiger partial charge in [-0.25, -0.2) is 4.98 Å². The largest absolute Gasteiger partial charge is 0.481 e. The van der Waals surface area contributed by atoms with Gasteiger partial charge in [0.25, 0.3) is 5.91 Å². The lowest BCUT2D eigenvalue weighted by Crippen LogP contribution is -2.40. The van der Waals surface area contributed by atoms with E-state index < -0.39 is 5.97 Å². The van der Waals surface area contributed by atoms with Crippen molar-refractivity contribution in [1.29, 1.82) is 0 Å². The van der Waals surface area contributed by atoms with Crippen LogP contribution in [-0.4, -0.2) is 40.0 Å². The third kappa shape index (κ3) is 2.12. The average Bonchev–Trinajstić information content (AvgIpc) is 2.99. The van der Waals surface area contributed by atoms with Gasteiger partial charge in [-0.15, -0.1) is 11.3 Å². The molecule has 1 aliphatic heterocycles. The summed E-state index contributed by atoms with van der Waals surface area (Å²) >= 11 is 1.54. The van der Waals surface area contributed by atoms with Crippen LogP contribution in [0.15, 0.2) is 0 Å². The minimum atomic E-state index is -0.684. The van der Waals surface area contributed by atoms with Crippen LogP contribution in [0, 0.1) is 25.2 Å². The summed E-state index contributed by atoms with van der Waals surface area (Å²) in [6, 6.07) is 0. The van der Waals surface area contributed by atoms with E-state index in [9.17, 15) is 9.59 Å². The van der Waals surface area contributed by atoms with E-state index in [0.29, 0.717) is 18.8 Å². The summed E-state index contributed by atoms with van der Waals surface area (Å²) < 4.78 is 0. The summed E-state index contributed by atoms with van der Waals surface area (Å²) in [7, 11) is 0. The summed E-state index contributed by atoms with van der Waals surface area (Å²) in [4.78, 5) is 30.6. The second-order valence-electron chi connectivity index (χ2n) is 5.89. The van der Waals surface area contributed by atoms with Crippen molar-refractivity contribution < 1.29 is 14.7 Å². The van der Waals surface area contributed by atoms with Crippen LogP contribution in [0.4, 0.5) is 0 Å². The van der Waals surface area contributed by atoms with Crippen molar-refractivity contribution in [2.75, 3.05) is 13.1 Å². The van der Waals surface area contributed by atoms with Gasteiger partial charge in [0.15, 0.2) is 0 Å². The number of thiazole rings is 1. The Morgan fingerprint density at radius 2 is 2.00 bits per heavy atom. The number of likely N-dealkylation sites (tertiary alicyclic amines) is 1. The number of carbonyl (C=O) groups is 2. The first-order chi connectivity index (χ1) is 9.43. The fourth-order valence-corrected chi connectivity index (χ4v) is 4.09. The van der Waals surface area contributed by atoms with Crippen molar-refractivity contribution >= 4 is 23.2 Å². The standard InChI is InChI=1S/C14H18N2O3S/c1-8-11(15-9(2)20-8)12(17)16-5-3-14(4-6-16)7-10(14)13(18)19/h10H,3-7H2,1-2H3,(H,18,19). The Bertz CT molecular complexity index is 573. The zero-order valence-electron chi connectivity index (χ0n) is 11.7. The van der Waals surface area contributed by atoms with Gasteiger partial charge in [-0.3, -0.25) is 9.59 Å². The molecule has 0 radical (unpaired) electrons. The van der Waals surface area contributed by atoms with Gasteiger partial charge in [-0.1, -0.05) is 0 Å². The first-order valence-electron chi connectivity index (χ1n) is 6.89. The van der Waals surface area contributed by atoms with Crippen molar-refractivity contribution in [1.82, 2.24) is 9.88 Å². The number of carbonyl (C=O) groups excluding carboxylic acids is 1. The fraction of sp³-hybridized carbons (Fsp3) is 0.643. The van der Waals surface area contributed by atoms with E-state index in [1.54, 1.807) is 11.3 Å². The summed E-state index contributed by atoms with van der Waals surface area (Å²) in [5.41, 5.74) is 0.532. The highest BCUT2D eigenvalue weighted by atomic mass is 32.1. The number of carboxylic acid groups (broad SMARTS) is 1. The molecule has 1 amide bonds. The summed E-state index contributed by atoms with van der Waals surface area (Å²) in [6.45, 7) is 5.13. The third-order valence-electron chi connectivity index (χ3n) is 4.64. The molecule has 20 heavy (non-hydrogen) atoms. The van der Waals surface area contributed by atoms with E-state index in [-0.39, 0.29) is 17.2 Å². The lowest BCUT2D eigenvalue weighted by atomic mass is 9.90. The summed E-state index contributed by atoms with van der Waals surface area (Å²) in [6.07, 6.45) is 2.38. The molecule has 108 valence electrons. The minimum Gasteiger partial charge on any atom is -0.481 e. The summed E-state index contributed by atoms with van der Waals surface area (Å²) in [5, 5.41) is 9.98. The molecule has 1 saturated carbocycles. The Balaban J connectivity index is 1.66. The lowest BCUT2D eigenvalue weighted by molar-refractivity contribution is -0.139. The van der Waals surface area contributed by atoms with Crippen molar-refractivity contribution in [2.24, 2.45) is 11.3 Å². The molecule has 1 atom stereocenters. The molecule has 1 aromatic rings. The van der Waals surface area contributed by atoms with Crippen LogP contribution in [-0.2, 0) is 4.79 Å². The van der Waals surface area contributed by atoms with Crippen LogP contribution in [0.2, 0.25) is 0 Å². The Morgan fingerprint density at radius 1 is 1.35 bits per heavy atom. The second kappa shape index (κ2) is 4.55. The number of nitrogens with zero attached hydrogens (tertiary/aromatic N) is 2. The number of aryl methyl sites for hydroxylation is 2. The topological polar surface area (TPSA) is 70.5 Å². The van der Waals surface area contributed by atoms with E-state index in [4.69, 9.17) is 5.11 Å². The molecule has 2 heterocycles. The van der Waals surface area contributed by atoms with Gasteiger partial charge in [0.2, 0.25) is 0 Å². The van der Waals surface area contributed by atoms with Crippen LogP contribution in [0.1, 0.15) is 39.6 Å². The van der Waals surface area contributed by atoms with Gasteiger partial charge < -0.3 is 10.0 Å². The molecule has 5 nitrogen and oxygen atoms in total. The van der Waals surface area contributed by atoms with Crippen molar-refractivity contribution in [3.05, 3.63) is 15.6 Å². The monoisotopic (exact) mass is 294 g/mol. The van der Waals surface area contributed by atoms with Crippen LogP contribution >= 0.6 is 11.3 Å². The Hall–Kier alpha value is -1.43. The maximum absolute atomic E-state index is 12.4. The zero-order valence-corrected chi connectivity index (χ0v) is 12.5. The van der Waals surface area contributed by atoms with Crippen LogP contribution in [0.3, 0.4) is 0 Å². The van der Waals surface area contributed by atoms with Gasteiger partial charge in [0, 0.05) is 18.0 Å². The number of hydrogen-bond donors (Lipinski definition) is 1. The number of rotatable bonds is 2. The molecule has 2 aliphatic rings. The van der Waals surface area contributed by atoms with Crippen LogP contribution in [0.5, 0.6) is 0 Å². The molecule has 1 N–H and O–H groups in total. The van der Waals surface area contributed by atoms with Crippen molar-refractivity contribution in [2.45, 2.75) is 33.1 Å². The Morgan fingerprint density at radius 3 is 2.45 bits per heavy atom. The first kappa shape index (κ1) is 13.5. The molecule has 1 aliphatic carbocycles. The quantitative estimate of drug-likeness (QED) is 0.906. The fourth-order valence-electron chi connectivity index (χ4n) is 3.28. The minimum absolute atomic E-state index is 0.00535. The van der Waals surface area contributed by atoms with Crippen molar-refractivity contribution in [3.8, 4) is 0 Å². The molecule has 6 heteroatoms. The van der Waals surface area contributed by atoms with E-state index >= 15 is 0 Å². The molecule has 0 bridgehead atoms. The molecule has 2 fully saturated rings. The third-order valence-corrected chi connectivity index (χ3v) is 5.53. The normalized spacial score (nSPS) is 23.9. The molecule has 1 spiro atoms. The Kier molecular flexibility index (Phi) is 3.08. The van der Waals surface area contributed by atoms with E-state index in [1.165, 1.54) is 0 Å². The maximum Gasteiger partial charge on any atom is 0.307 e. The number of hydrogen-bond acceptors (Lipinski definition) is 4. The Labute approximate surface area is 121 Å². The molecular weight excluding hydrogens is 276 g/mol. The number of aromatic nitrogens is 1. The summed E-state index contributed by atoms with van der Waals surface area (Å²) in [5.74, 6) is -0.882. The van der Waals surface area contributed by atoms with E-state index in [2.05, 4.69) is 4.98 Å². The first-order valence-corrected chi connectivity index (χ1v) is 7.71. The van der Waals surface area contributed by atoms with Crippen molar-refractivity contribution in [3.63, 3.8) is 0 Å². The van der Waals surface area contributed by atoms with Gasteiger partial charge in [-0.05, 0) is 38.5 Å². The molecule has 1 saturated heterocycles. The SMILES string of the molecule is Cc1nc(C(=O)N2CCC3(CC2)CC3C(=O)O)c(C)s1. The highest BCUT2D eigenvalue weighted by Gasteiger charge is 2.59. The predicted molar refractivity (Wildman–Crippen MR) is 74.9 cm³/mol. The molecular formula is C14H18N2O3S. The molecule has 3 rings (SSSR count). The van der Waals surface area contributed by atoms with Gasteiger partial charge in [-0.2, -0.15) is 0 Å². The zero-order chi connectivity index (χ0) is 14.5. The van der Waals surface area contributed by atoms with Gasteiger partial charge in [0.05, 0.1) is 10.9 Å². The van der Waals surface area contributed by atoms with Gasteiger partial charge >= 0.3 is 5.97 Å². The lowest BCUT2D eigenvalue weighted by Gasteiger charge is -2.32. The van der Waals surface area contributed by atoms with E-state index in [1.807, 2.05) is 18.7 Å². The highest BCUT2D eigenvalue weighted by Crippen LogP contribution is 2.59. The molecule has 1 aromatic heterocycles. The second-order valence-corrected chi connectivity index (χ2v) is 7.29. The smallest absolute Gasteiger partial charge is 0.307 e. The maximum atomic E-state index is 12.4. The van der Waals surface area contributed by atoms with Crippen LogP contribution < -0.4 is 0 Å². The highest BCUT2D eigenvalue weighted by molar-refractivity contribution is 7.11. The number of aliphatic carboxylic acids is 1. The van der Waals surface area contributed by atoms with Gasteiger partial charge in [0.1, 0.15) is 5.69 Å². The molecule has 0 aromatic carbocycles. The molecule has 1 unspecified atom stereocenters. The number of carboxylic acids is 1. The number of amides is 1. The predicted octanol–water partition coefficient (Wildman–Crippen LogP) is 2.09. The number of piperidine rings is 1.